The molecule has 2 fully saturated rings. The van der Waals surface area contributed by atoms with Gasteiger partial charge in [0.1, 0.15) is 0 Å². The molecule has 1 N–H and O–H groups in total. The molecule has 0 saturated carbocycles. The van der Waals surface area contributed by atoms with Crippen LogP contribution < -0.4 is 0 Å². The fourth-order valence-electron chi connectivity index (χ4n) is 1.46. The SMILES string of the molecule is CC(C(=O)O)=C(CC1CO1)CC1CO1. The maximum absolute atomic E-state index is 10.8. The van der Waals surface area contributed by atoms with Crippen molar-refractivity contribution in [2.45, 2.75) is 32.0 Å². The summed E-state index contributed by atoms with van der Waals surface area (Å²) in [7, 11) is 0. The van der Waals surface area contributed by atoms with Gasteiger partial charge in [0.15, 0.2) is 0 Å². The van der Waals surface area contributed by atoms with Crippen LogP contribution in [0.15, 0.2) is 11.1 Å². The van der Waals surface area contributed by atoms with E-state index in [9.17, 15) is 4.79 Å². The molecule has 0 aromatic rings. The molecule has 0 aromatic heterocycles. The van der Waals surface area contributed by atoms with Crippen LogP contribution in [0.3, 0.4) is 0 Å². The molecule has 4 nitrogen and oxygen atoms in total. The van der Waals surface area contributed by atoms with Crippen molar-refractivity contribution in [3.63, 3.8) is 0 Å². The van der Waals surface area contributed by atoms with Crippen LogP contribution in [-0.4, -0.2) is 36.5 Å². The van der Waals surface area contributed by atoms with Gasteiger partial charge in [0.2, 0.25) is 0 Å². The summed E-state index contributed by atoms with van der Waals surface area (Å²) < 4.78 is 10.2. The predicted molar refractivity (Wildman–Crippen MR) is 49.0 cm³/mol. The molecule has 0 aromatic carbocycles. The molecule has 4 heteroatoms. The summed E-state index contributed by atoms with van der Waals surface area (Å²) >= 11 is 0. The number of ether oxygens (including phenoxy) is 2. The maximum Gasteiger partial charge on any atom is 0.331 e. The third-order valence-corrected chi connectivity index (χ3v) is 2.60. The number of carboxylic acids is 1. The van der Waals surface area contributed by atoms with Crippen molar-refractivity contribution in [2.75, 3.05) is 13.2 Å². The minimum Gasteiger partial charge on any atom is -0.478 e. The van der Waals surface area contributed by atoms with E-state index < -0.39 is 5.97 Å². The number of aliphatic carboxylic acids is 1. The number of carbonyl (C=O) groups is 1. The highest BCUT2D eigenvalue weighted by atomic mass is 16.6. The van der Waals surface area contributed by atoms with Crippen LogP contribution in [0.2, 0.25) is 0 Å². The third kappa shape index (κ3) is 2.56. The molecule has 2 unspecified atom stereocenters. The molecule has 0 aliphatic carbocycles. The van der Waals surface area contributed by atoms with Crippen molar-refractivity contribution in [3.8, 4) is 0 Å². The first-order chi connectivity index (χ1) is 6.66. The molecule has 2 saturated heterocycles. The van der Waals surface area contributed by atoms with E-state index in [0.29, 0.717) is 5.57 Å². The Morgan fingerprint density at radius 3 is 2.00 bits per heavy atom. The van der Waals surface area contributed by atoms with Crippen LogP contribution in [0.25, 0.3) is 0 Å². The van der Waals surface area contributed by atoms with Crippen LogP contribution in [0.1, 0.15) is 19.8 Å². The van der Waals surface area contributed by atoms with Gasteiger partial charge in [0.25, 0.3) is 0 Å². The Labute approximate surface area is 82.5 Å². The summed E-state index contributed by atoms with van der Waals surface area (Å²) in [6.07, 6.45) is 1.99. The molecule has 2 aliphatic heterocycles. The van der Waals surface area contributed by atoms with Gasteiger partial charge in [-0.25, -0.2) is 4.79 Å². The summed E-state index contributed by atoms with van der Waals surface area (Å²) in [6, 6.07) is 0. The second kappa shape index (κ2) is 3.71. The first kappa shape index (κ1) is 9.68. The Morgan fingerprint density at radius 1 is 1.29 bits per heavy atom. The summed E-state index contributed by atoms with van der Waals surface area (Å²) in [6.45, 7) is 3.19. The Bertz CT molecular complexity index is 258. The minimum atomic E-state index is -0.832. The van der Waals surface area contributed by atoms with Crippen LogP contribution in [0.4, 0.5) is 0 Å². The zero-order chi connectivity index (χ0) is 10.1. The van der Waals surface area contributed by atoms with E-state index in [1.807, 2.05) is 0 Å². The summed E-state index contributed by atoms with van der Waals surface area (Å²) in [4.78, 5) is 10.8. The summed E-state index contributed by atoms with van der Waals surface area (Å²) in [5.74, 6) is -0.832. The fraction of sp³-hybridized carbons (Fsp3) is 0.700. The van der Waals surface area contributed by atoms with Crippen molar-refractivity contribution in [1.29, 1.82) is 0 Å². The van der Waals surface area contributed by atoms with Gasteiger partial charge < -0.3 is 14.6 Å². The zero-order valence-corrected chi connectivity index (χ0v) is 8.16. The molecule has 2 heterocycles. The van der Waals surface area contributed by atoms with Crippen LogP contribution in [0, 0.1) is 0 Å². The third-order valence-electron chi connectivity index (χ3n) is 2.60. The Kier molecular flexibility index (Phi) is 2.56. The van der Waals surface area contributed by atoms with Crippen LogP contribution in [-0.2, 0) is 14.3 Å². The smallest absolute Gasteiger partial charge is 0.331 e. The lowest BCUT2D eigenvalue weighted by molar-refractivity contribution is -0.132. The normalized spacial score (nSPS) is 28.4. The van der Waals surface area contributed by atoms with E-state index in [1.165, 1.54) is 0 Å². The van der Waals surface area contributed by atoms with E-state index in [1.54, 1.807) is 6.92 Å². The standard InChI is InChI=1S/C10H14O4/c1-6(10(11)12)7(2-8-4-13-8)3-9-5-14-9/h8-9H,2-5H2,1H3,(H,11,12). The molecule has 2 atom stereocenters. The van der Waals surface area contributed by atoms with Gasteiger partial charge in [0, 0.05) is 5.57 Å². The summed E-state index contributed by atoms with van der Waals surface area (Å²) in [5.41, 5.74) is 1.43. The number of carboxylic acid groups (broad SMARTS) is 1. The molecule has 0 spiro atoms. The lowest BCUT2D eigenvalue weighted by Gasteiger charge is -2.06. The van der Waals surface area contributed by atoms with Gasteiger partial charge in [-0.05, 0) is 19.8 Å². The first-order valence-corrected chi connectivity index (χ1v) is 4.82. The van der Waals surface area contributed by atoms with E-state index in [2.05, 4.69) is 0 Å². The van der Waals surface area contributed by atoms with Crippen molar-refractivity contribution in [1.82, 2.24) is 0 Å². The topological polar surface area (TPSA) is 62.4 Å². The number of epoxide rings is 2. The first-order valence-electron chi connectivity index (χ1n) is 4.82. The van der Waals surface area contributed by atoms with Gasteiger partial charge in [-0.3, -0.25) is 0 Å². The van der Waals surface area contributed by atoms with Crippen molar-refractivity contribution in [2.24, 2.45) is 0 Å². The average Bonchev–Trinajstić information content (AvgIpc) is 2.94. The van der Waals surface area contributed by atoms with Gasteiger partial charge in [-0.15, -0.1) is 0 Å². The lowest BCUT2D eigenvalue weighted by Crippen LogP contribution is -2.05. The molecule has 78 valence electrons. The molecular formula is C10H14O4. The number of rotatable bonds is 5. The predicted octanol–water partition coefficient (Wildman–Crippen LogP) is 0.965. The second-order valence-corrected chi connectivity index (χ2v) is 3.85. The van der Waals surface area contributed by atoms with Crippen molar-refractivity contribution in [3.05, 3.63) is 11.1 Å². The van der Waals surface area contributed by atoms with Gasteiger partial charge in [-0.2, -0.15) is 0 Å². The van der Waals surface area contributed by atoms with Gasteiger partial charge >= 0.3 is 5.97 Å². The Morgan fingerprint density at radius 2 is 1.71 bits per heavy atom. The van der Waals surface area contributed by atoms with Crippen molar-refractivity contribution >= 4 is 5.97 Å². The van der Waals surface area contributed by atoms with E-state index in [-0.39, 0.29) is 12.2 Å². The zero-order valence-electron chi connectivity index (χ0n) is 8.16. The number of hydrogen-bond donors (Lipinski definition) is 1. The molecule has 0 radical (unpaired) electrons. The van der Waals surface area contributed by atoms with E-state index in [0.717, 1.165) is 31.6 Å². The molecule has 0 amide bonds. The Balaban J connectivity index is 2.01. The van der Waals surface area contributed by atoms with E-state index >= 15 is 0 Å². The molecular weight excluding hydrogens is 184 g/mol. The monoisotopic (exact) mass is 198 g/mol. The van der Waals surface area contributed by atoms with Crippen LogP contribution >= 0.6 is 0 Å². The highest BCUT2D eigenvalue weighted by Crippen LogP contribution is 2.28. The number of hydrogen-bond acceptors (Lipinski definition) is 3. The van der Waals surface area contributed by atoms with Crippen molar-refractivity contribution < 1.29 is 19.4 Å². The molecule has 2 aliphatic rings. The second-order valence-electron chi connectivity index (χ2n) is 3.85. The molecule has 0 bridgehead atoms. The van der Waals surface area contributed by atoms with E-state index in [4.69, 9.17) is 14.6 Å². The van der Waals surface area contributed by atoms with Crippen LogP contribution in [0.5, 0.6) is 0 Å². The van der Waals surface area contributed by atoms with Gasteiger partial charge in [-0.1, -0.05) is 5.57 Å². The van der Waals surface area contributed by atoms with Gasteiger partial charge in [0.05, 0.1) is 25.4 Å². The minimum absolute atomic E-state index is 0.248. The molecule has 14 heavy (non-hydrogen) atoms. The highest BCUT2D eigenvalue weighted by molar-refractivity contribution is 5.86. The largest absolute Gasteiger partial charge is 0.478 e. The fourth-order valence-corrected chi connectivity index (χ4v) is 1.46. The maximum atomic E-state index is 10.8. The quantitative estimate of drug-likeness (QED) is 0.528. The highest BCUT2D eigenvalue weighted by Gasteiger charge is 2.30. The Hall–Kier alpha value is -0.870. The average molecular weight is 198 g/mol. The summed E-state index contributed by atoms with van der Waals surface area (Å²) in [5, 5.41) is 8.88. The lowest BCUT2D eigenvalue weighted by atomic mass is 10.00. The molecule has 2 rings (SSSR count).